The average molecular weight is 397 g/mol. The van der Waals surface area contributed by atoms with Crippen LogP contribution in [0.15, 0.2) is 53.9 Å². The Kier molecular flexibility index (Phi) is 6.66. The minimum absolute atomic E-state index is 0.136. The van der Waals surface area contributed by atoms with E-state index >= 15 is 0 Å². The minimum Gasteiger partial charge on any atom is -0.496 e. The third kappa shape index (κ3) is 5.10. The second kappa shape index (κ2) is 9.37. The highest BCUT2D eigenvalue weighted by molar-refractivity contribution is 7.13. The van der Waals surface area contributed by atoms with Gasteiger partial charge in [-0.05, 0) is 56.2 Å². The van der Waals surface area contributed by atoms with Crippen molar-refractivity contribution >= 4 is 17.2 Å². The lowest BCUT2D eigenvalue weighted by Gasteiger charge is -2.09. The smallest absolute Gasteiger partial charge is 0.270 e. The van der Waals surface area contributed by atoms with Crippen LogP contribution >= 0.6 is 11.3 Å². The molecule has 0 aliphatic carbocycles. The molecule has 0 saturated carbocycles. The maximum atomic E-state index is 12.4. The molecule has 2 aromatic carbocycles. The highest BCUT2D eigenvalue weighted by Gasteiger charge is 2.12. The summed E-state index contributed by atoms with van der Waals surface area (Å²) in [5.74, 6) is 1.49. The molecule has 0 bridgehead atoms. The number of nitrogens with zero attached hydrogens (tertiary/aromatic N) is 1. The molecule has 0 aliphatic rings. The Balaban J connectivity index is 1.58. The van der Waals surface area contributed by atoms with Crippen molar-refractivity contribution in [2.75, 3.05) is 13.7 Å². The number of aromatic nitrogens is 1. The van der Waals surface area contributed by atoms with E-state index in [2.05, 4.69) is 10.3 Å². The summed E-state index contributed by atoms with van der Waals surface area (Å²) in [5.41, 5.74) is 2.46. The number of nitrogens with one attached hydrogen (secondary N) is 1. The van der Waals surface area contributed by atoms with E-state index in [1.54, 1.807) is 12.5 Å². The van der Waals surface area contributed by atoms with Crippen LogP contribution in [0.3, 0.4) is 0 Å². The van der Waals surface area contributed by atoms with Gasteiger partial charge in [-0.3, -0.25) is 4.79 Å². The average Bonchev–Trinajstić information content (AvgIpc) is 3.19. The molecule has 0 unspecified atom stereocenters. The van der Waals surface area contributed by atoms with Crippen LogP contribution in [-0.2, 0) is 6.42 Å². The van der Waals surface area contributed by atoms with Crippen molar-refractivity contribution in [1.29, 1.82) is 0 Å². The van der Waals surface area contributed by atoms with Crippen molar-refractivity contribution in [1.82, 2.24) is 10.3 Å². The molecule has 28 heavy (non-hydrogen) atoms. The van der Waals surface area contributed by atoms with Crippen LogP contribution in [0.5, 0.6) is 11.5 Å². The molecular formula is C22H24N2O3S. The van der Waals surface area contributed by atoms with Crippen molar-refractivity contribution in [3.8, 4) is 22.1 Å². The number of hydrogen-bond donors (Lipinski definition) is 1. The van der Waals surface area contributed by atoms with Gasteiger partial charge in [0.2, 0.25) is 0 Å². The van der Waals surface area contributed by atoms with Crippen LogP contribution < -0.4 is 14.8 Å². The number of carbonyl (C=O) groups excluding carboxylic acids is 1. The lowest BCUT2D eigenvalue weighted by molar-refractivity contribution is 0.0950. The molecule has 1 N–H and O–H groups in total. The van der Waals surface area contributed by atoms with Gasteiger partial charge in [-0.15, -0.1) is 11.3 Å². The number of hydrogen-bond acceptors (Lipinski definition) is 5. The summed E-state index contributed by atoms with van der Waals surface area (Å²) < 4.78 is 11.0. The topological polar surface area (TPSA) is 60.5 Å². The van der Waals surface area contributed by atoms with Gasteiger partial charge in [0.25, 0.3) is 5.91 Å². The Labute approximate surface area is 169 Å². The molecule has 3 rings (SSSR count). The predicted octanol–water partition coefficient (Wildman–Crippen LogP) is 4.58. The highest BCUT2D eigenvalue weighted by Crippen LogP contribution is 2.26. The molecular weight excluding hydrogens is 372 g/mol. The highest BCUT2D eigenvalue weighted by atomic mass is 32.1. The van der Waals surface area contributed by atoms with Crippen LogP contribution in [0.25, 0.3) is 10.6 Å². The van der Waals surface area contributed by atoms with Gasteiger partial charge in [0, 0.05) is 17.5 Å². The first-order valence-corrected chi connectivity index (χ1v) is 10.1. The fourth-order valence-electron chi connectivity index (χ4n) is 2.77. The summed E-state index contributed by atoms with van der Waals surface area (Å²) in [7, 11) is 1.65. The summed E-state index contributed by atoms with van der Waals surface area (Å²) >= 11 is 1.45. The first-order chi connectivity index (χ1) is 13.6. The number of ether oxygens (including phenoxy) is 2. The molecule has 3 aromatic rings. The fourth-order valence-corrected chi connectivity index (χ4v) is 3.58. The van der Waals surface area contributed by atoms with E-state index in [9.17, 15) is 4.79 Å². The second-order valence-corrected chi connectivity index (χ2v) is 7.40. The molecule has 0 saturated heterocycles. The van der Waals surface area contributed by atoms with Gasteiger partial charge in [-0.1, -0.05) is 18.2 Å². The van der Waals surface area contributed by atoms with Crippen molar-refractivity contribution in [3.63, 3.8) is 0 Å². The Morgan fingerprint density at radius 3 is 2.61 bits per heavy atom. The van der Waals surface area contributed by atoms with E-state index in [0.29, 0.717) is 18.7 Å². The van der Waals surface area contributed by atoms with Gasteiger partial charge >= 0.3 is 0 Å². The summed E-state index contributed by atoms with van der Waals surface area (Å²) in [6.45, 7) is 4.51. The van der Waals surface area contributed by atoms with Crippen molar-refractivity contribution in [3.05, 3.63) is 65.2 Å². The summed E-state index contributed by atoms with van der Waals surface area (Å²) in [5, 5.41) is 5.52. The van der Waals surface area contributed by atoms with E-state index < -0.39 is 0 Å². The van der Waals surface area contributed by atoms with Crippen molar-refractivity contribution in [2.45, 2.75) is 26.4 Å². The largest absolute Gasteiger partial charge is 0.496 e. The summed E-state index contributed by atoms with van der Waals surface area (Å²) in [6, 6.07) is 15.6. The molecule has 0 atom stereocenters. The van der Waals surface area contributed by atoms with E-state index in [0.717, 1.165) is 27.6 Å². The monoisotopic (exact) mass is 396 g/mol. The zero-order valence-electron chi connectivity index (χ0n) is 16.3. The number of methoxy groups -OCH3 is 1. The first kappa shape index (κ1) is 19.9. The molecule has 0 aliphatic heterocycles. The molecule has 1 amide bonds. The molecule has 146 valence electrons. The summed E-state index contributed by atoms with van der Waals surface area (Å²) in [4.78, 5) is 16.9. The van der Waals surface area contributed by atoms with Gasteiger partial charge in [0.05, 0.1) is 13.2 Å². The van der Waals surface area contributed by atoms with E-state index in [4.69, 9.17) is 9.47 Å². The van der Waals surface area contributed by atoms with Gasteiger partial charge in [-0.25, -0.2) is 4.98 Å². The number of thiazole rings is 1. The number of rotatable bonds is 8. The van der Waals surface area contributed by atoms with Crippen LogP contribution in [0.4, 0.5) is 0 Å². The number of amides is 1. The zero-order valence-corrected chi connectivity index (χ0v) is 17.1. The SMILES string of the molecule is COc1ccccc1CCNC(=O)c1csc(-c2ccc(OC(C)C)cc2)n1. The van der Waals surface area contributed by atoms with Crippen molar-refractivity contribution < 1.29 is 14.3 Å². The van der Waals surface area contributed by atoms with Crippen LogP contribution in [0, 0.1) is 0 Å². The normalized spacial score (nSPS) is 10.7. The van der Waals surface area contributed by atoms with Gasteiger partial charge in [0.15, 0.2) is 0 Å². The molecule has 1 aromatic heterocycles. The predicted molar refractivity (Wildman–Crippen MR) is 112 cm³/mol. The van der Waals surface area contributed by atoms with Gasteiger partial charge < -0.3 is 14.8 Å². The van der Waals surface area contributed by atoms with E-state index in [-0.39, 0.29) is 12.0 Å². The lowest BCUT2D eigenvalue weighted by Crippen LogP contribution is -2.26. The third-order valence-electron chi connectivity index (χ3n) is 4.08. The quantitative estimate of drug-likeness (QED) is 0.605. The second-order valence-electron chi connectivity index (χ2n) is 6.55. The van der Waals surface area contributed by atoms with Crippen LogP contribution in [0.1, 0.15) is 29.9 Å². The Bertz CT molecular complexity index is 920. The Morgan fingerprint density at radius 2 is 1.89 bits per heavy atom. The zero-order chi connectivity index (χ0) is 19.9. The van der Waals surface area contributed by atoms with Crippen molar-refractivity contribution in [2.24, 2.45) is 0 Å². The molecule has 5 nitrogen and oxygen atoms in total. The van der Waals surface area contributed by atoms with Crippen LogP contribution in [0.2, 0.25) is 0 Å². The van der Waals surface area contributed by atoms with E-state index in [1.807, 2.05) is 62.4 Å². The maximum absolute atomic E-state index is 12.4. The lowest BCUT2D eigenvalue weighted by atomic mass is 10.1. The number of para-hydroxylation sites is 1. The first-order valence-electron chi connectivity index (χ1n) is 9.19. The van der Waals surface area contributed by atoms with Crippen LogP contribution in [-0.4, -0.2) is 30.6 Å². The maximum Gasteiger partial charge on any atom is 0.270 e. The van der Waals surface area contributed by atoms with E-state index in [1.165, 1.54) is 11.3 Å². The molecule has 0 fully saturated rings. The standard InChI is InChI=1S/C22H24N2O3S/c1-15(2)27-18-10-8-17(9-11-18)22-24-19(14-28-22)21(25)23-13-12-16-6-4-5-7-20(16)26-3/h4-11,14-15H,12-13H2,1-3H3,(H,23,25). The third-order valence-corrected chi connectivity index (χ3v) is 4.97. The number of carbonyl (C=O) groups is 1. The molecule has 6 heteroatoms. The summed E-state index contributed by atoms with van der Waals surface area (Å²) in [6.07, 6.45) is 0.834. The Morgan fingerprint density at radius 1 is 1.14 bits per heavy atom. The Hall–Kier alpha value is -2.86. The fraction of sp³-hybridized carbons (Fsp3) is 0.273. The van der Waals surface area contributed by atoms with Gasteiger partial charge in [0.1, 0.15) is 22.2 Å². The van der Waals surface area contributed by atoms with Gasteiger partial charge in [-0.2, -0.15) is 0 Å². The molecule has 0 spiro atoms. The molecule has 1 heterocycles. The number of benzene rings is 2. The minimum atomic E-state index is -0.169. The molecule has 0 radical (unpaired) electrons.